The van der Waals surface area contributed by atoms with Crippen LogP contribution < -0.4 is 0 Å². The summed E-state index contributed by atoms with van der Waals surface area (Å²) >= 11 is 0. The second-order valence-electron chi connectivity index (χ2n) is 5.06. The molecule has 1 rings (SSSR count). The fourth-order valence-electron chi connectivity index (χ4n) is 2.01. The summed E-state index contributed by atoms with van der Waals surface area (Å²) in [7, 11) is 1.91. The van der Waals surface area contributed by atoms with Crippen LogP contribution in [0.1, 0.15) is 32.2 Å². The number of carbonyl (C=O) groups is 1. The van der Waals surface area contributed by atoms with Gasteiger partial charge in [-0.2, -0.15) is 5.10 Å². The second-order valence-corrected chi connectivity index (χ2v) is 5.06. The quantitative estimate of drug-likeness (QED) is 0.800. The first kappa shape index (κ1) is 14.7. The minimum absolute atomic E-state index is 0.0742. The molecule has 0 amide bonds. The zero-order valence-corrected chi connectivity index (χ0v) is 11.7. The van der Waals surface area contributed by atoms with E-state index >= 15 is 0 Å². The maximum absolute atomic E-state index is 10.9. The molecule has 0 aromatic carbocycles. The minimum atomic E-state index is -0.784. The fourth-order valence-corrected chi connectivity index (χ4v) is 2.01. The van der Waals surface area contributed by atoms with Crippen molar-refractivity contribution in [2.45, 2.75) is 33.7 Å². The van der Waals surface area contributed by atoms with Crippen LogP contribution in [-0.2, 0) is 24.8 Å². The van der Waals surface area contributed by atoms with Gasteiger partial charge in [-0.25, -0.2) is 0 Å². The van der Waals surface area contributed by atoms with Crippen molar-refractivity contribution in [2.75, 3.05) is 13.1 Å². The van der Waals surface area contributed by atoms with Crippen molar-refractivity contribution < 1.29 is 9.90 Å². The molecule has 1 heterocycles. The average molecular weight is 253 g/mol. The van der Waals surface area contributed by atoms with Crippen molar-refractivity contribution in [1.29, 1.82) is 0 Å². The first-order chi connectivity index (χ1) is 8.42. The van der Waals surface area contributed by atoms with E-state index in [2.05, 4.69) is 31.9 Å². The fraction of sp³-hybridized carbons (Fsp3) is 0.692. The molecule has 0 spiro atoms. The van der Waals surface area contributed by atoms with Crippen molar-refractivity contribution in [1.82, 2.24) is 14.7 Å². The summed E-state index contributed by atoms with van der Waals surface area (Å²) in [4.78, 5) is 12.8. The number of aryl methyl sites for hydroxylation is 2. The number of hydrogen-bond donors (Lipinski definition) is 1. The van der Waals surface area contributed by atoms with E-state index in [1.807, 2.05) is 16.6 Å². The predicted octanol–water partition coefficient (Wildman–Crippen LogP) is 1.53. The molecule has 0 saturated heterocycles. The number of nitrogens with zero attached hydrogens (tertiary/aromatic N) is 3. The minimum Gasteiger partial charge on any atom is -0.480 e. The highest BCUT2D eigenvalue weighted by Crippen LogP contribution is 2.09. The highest BCUT2D eigenvalue weighted by atomic mass is 16.4. The summed E-state index contributed by atoms with van der Waals surface area (Å²) < 4.78 is 1.84. The molecular formula is C13H23N3O2. The molecule has 5 nitrogen and oxygen atoms in total. The Morgan fingerprint density at radius 2 is 2.22 bits per heavy atom. The number of aromatic nitrogens is 2. The third-order valence-electron chi connectivity index (χ3n) is 2.76. The van der Waals surface area contributed by atoms with Gasteiger partial charge in [-0.15, -0.1) is 0 Å². The Morgan fingerprint density at radius 3 is 2.67 bits per heavy atom. The predicted molar refractivity (Wildman–Crippen MR) is 70.3 cm³/mol. The van der Waals surface area contributed by atoms with Crippen molar-refractivity contribution in [3.8, 4) is 0 Å². The lowest BCUT2D eigenvalue weighted by atomic mass is 10.2. The van der Waals surface area contributed by atoms with E-state index in [1.54, 1.807) is 0 Å². The lowest BCUT2D eigenvalue weighted by molar-refractivity contribution is -0.138. The third kappa shape index (κ3) is 4.49. The highest BCUT2D eigenvalue weighted by Gasteiger charge is 2.14. The summed E-state index contributed by atoms with van der Waals surface area (Å²) in [6, 6.07) is 2.05. The Bertz CT molecular complexity index is 399. The Balaban J connectivity index is 2.74. The van der Waals surface area contributed by atoms with E-state index in [-0.39, 0.29) is 6.54 Å². The van der Waals surface area contributed by atoms with Gasteiger partial charge in [0.15, 0.2) is 0 Å². The molecule has 0 radical (unpaired) electrons. The topological polar surface area (TPSA) is 58.4 Å². The number of aliphatic carboxylic acids is 1. The van der Waals surface area contributed by atoms with Gasteiger partial charge in [0, 0.05) is 20.1 Å². The first-order valence-electron chi connectivity index (χ1n) is 6.38. The van der Waals surface area contributed by atoms with Gasteiger partial charge in [0.05, 0.1) is 17.9 Å². The van der Waals surface area contributed by atoms with Gasteiger partial charge >= 0.3 is 5.97 Å². The summed E-state index contributed by atoms with van der Waals surface area (Å²) in [5.41, 5.74) is 2.11. The van der Waals surface area contributed by atoms with Gasteiger partial charge in [-0.1, -0.05) is 20.8 Å². The monoisotopic (exact) mass is 253 g/mol. The number of hydrogen-bond acceptors (Lipinski definition) is 3. The van der Waals surface area contributed by atoms with E-state index in [0.717, 1.165) is 24.4 Å². The smallest absolute Gasteiger partial charge is 0.317 e. The molecule has 0 aliphatic heterocycles. The van der Waals surface area contributed by atoms with E-state index in [9.17, 15) is 4.79 Å². The van der Waals surface area contributed by atoms with Crippen LogP contribution in [0.15, 0.2) is 6.07 Å². The molecule has 5 heteroatoms. The molecule has 18 heavy (non-hydrogen) atoms. The standard InChI is InChI=1S/C13H23N3O2/c1-5-11-6-12(15(4)14-11)8-16(7-10(2)3)9-13(17)18/h6,10H,5,7-9H2,1-4H3,(H,17,18). The van der Waals surface area contributed by atoms with Gasteiger partial charge in [0.1, 0.15) is 0 Å². The Kier molecular flexibility index (Phi) is 5.34. The van der Waals surface area contributed by atoms with E-state index in [0.29, 0.717) is 12.5 Å². The SMILES string of the molecule is CCc1cc(CN(CC(=O)O)CC(C)C)n(C)n1. The van der Waals surface area contributed by atoms with Crippen LogP contribution in [0, 0.1) is 5.92 Å². The molecule has 0 unspecified atom stereocenters. The molecule has 0 saturated carbocycles. The summed E-state index contributed by atoms with van der Waals surface area (Å²) in [5.74, 6) is -0.336. The molecule has 0 aliphatic rings. The maximum atomic E-state index is 10.9. The lowest BCUT2D eigenvalue weighted by Crippen LogP contribution is -2.33. The number of carboxylic acid groups (broad SMARTS) is 1. The molecule has 102 valence electrons. The lowest BCUT2D eigenvalue weighted by Gasteiger charge is -2.22. The number of carboxylic acids is 1. The molecule has 1 aromatic heterocycles. The Labute approximate surface area is 108 Å². The Hall–Kier alpha value is -1.36. The van der Waals surface area contributed by atoms with Gasteiger partial charge in [-0.05, 0) is 18.4 Å². The molecular weight excluding hydrogens is 230 g/mol. The molecule has 0 bridgehead atoms. The second kappa shape index (κ2) is 6.54. The zero-order valence-electron chi connectivity index (χ0n) is 11.7. The summed E-state index contributed by atoms with van der Waals surface area (Å²) in [6.07, 6.45) is 0.900. The number of rotatable bonds is 7. The normalized spacial score (nSPS) is 11.4. The van der Waals surface area contributed by atoms with E-state index in [1.165, 1.54) is 0 Å². The molecule has 1 N–H and O–H groups in total. The molecule has 1 aromatic rings. The maximum Gasteiger partial charge on any atom is 0.317 e. The van der Waals surface area contributed by atoms with Gasteiger partial charge < -0.3 is 5.11 Å². The van der Waals surface area contributed by atoms with Crippen LogP contribution in [0.2, 0.25) is 0 Å². The molecule has 0 fully saturated rings. The first-order valence-corrected chi connectivity index (χ1v) is 6.38. The van der Waals surface area contributed by atoms with Crippen molar-refractivity contribution in [3.05, 3.63) is 17.5 Å². The van der Waals surface area contributed by atoms with Crippen LogP contribution in [0.4, 0.5) is 0 Å². The summed E-state index contributed by atoms with van der Waals surface area (Å²) in [5, 5.41) is 13.3. The van der Waals surface area contributed by atoms with Crippen LogP contribution in [0.5, 0.6) is 0 Å². The van der Waals surface area contributed by atoms with Crippen molar-refractivity contribution >= 4 is 5.97 Å². The van der Waals surface area contributed by atoms with E-state index < -0.39 is 5.97 Å². The summed E-state index contributed by atoms with van der Waals surface area (Å²) in [6.45, 7) is 7.73. The third-order valence-corrected chi connectivity index (χ3v) is 2.76. The van der Waals surface area contributed by atoms with Crippen molar-refractivity contribution in [3.63, 3.8) is 0 Å². The molecule has 0 atom stereocenters. The van der Waals surface area contributed by atoms with Crippen LogP contribution >= 0.6 is 0 Å². The molecule has 0 aliphatic carbocycles. The van der Waals surface area contributed by atoms with Crippen molar-refractivity contribution in [2.24, 2.45) is 13.0 Å². The highest BCUT2D eigenvalue weighted by molar-refractivity contribution is 5.69. The van der Waals surface area contributed by atoms with Crippen LogP contribution in [0.25, 0.3) is 0 Å². The zero-order chi connectivity index (χ0) is 13.7. The van der Waals surface area contributed by atoms with Gasteiger partial charge in [-0.3, -0.25) is 14.4 Å². The van der Waals surface area contributed by atoms with Gasteiger partial charge in [0.25, 0.3) is 0 Å². The van der Waals surface area contributed by atoms with Crippen LogP contribution in [0.3, 0.4) is 0 Å². The largest absolute Gasteiger partial charge is 0.480 e. The van der Waals surface area contributed by atoms with Crippen LogP contribution in [-0.4, -0.2) is 38.8 Å². The average Bonchev–Trinajstić information content (AvgIpc) is 2.57. The van der Waals surface area contributed by atoms with Gasteiger partial charge in [0.2, 0.25) is 0 Å². The Morgan fingerprint density at radius 1 is 1.56 bits per heavy atom. The van der Waals surface area contributed by atoms with E-state index in [4.69, 9.17) is 5.11 Å².